The lowest BCUT2D eigenvalue weighted by molar-refractivity contribution is 0.466. The molecule has 8 rings (SSSR count). The Bertz CT molecular complexity index is 3220. The van der Waals surface area contributed by atoms with Gasteiger partial charge in [0.25, 0.3) is 0 Å². The van der Waals surface area contributed by atoms with Gasteiger partial charge in [-0.3, -0.25) is 9.55 Å². The number of imidazole rings is 1. The van der Waals surface area contributed by atoms with E-state index in [-0.39, 0.29) is 34.0 Å². The number of phenols is 1. The second-order valence-electron chi connectivity index (χ2n) is 18.8. The Balaban J connectivity index is 1.41. The van der Waals surface area contributed by atoms with Gasteiger partial charge in [-0.15, -0.1) is 0 Å². The highest BCUT2D eigenvalue weighted by Gasteiger charge is 2.28. The standard InChI is InChI=1S/C57H59N3O/c1-35(2)42-31-47(36(3)4)54(61)48(32-42)55-59-53-46(18-15-19-52(53)60(55)51-25-24-40(33-49(51)57(9,10)11)38-16-13-12-14-17-38)43-28-44(30-45(29-43)56(6,7)8)50-34-41(26-27-58-50)39-22-20-37(5)21-23-39/h12-36,61H,1-11H3/i5D3,20D,21D,22D,23D. The third-order valence-corrected chi connectivity index (χ3v) is 11.6. The van der Waals surface area contributed by atoms with Crippen molar-refractivity contribution in [2.24, 2.45) is 0 Å². The van der Waals surface area contributed by atoms with Crippen LogP contribution in [0.25, 0.3) is 72.7 Å². The zero-order valence-corrected chi connectivity index (χ0v) is 36.9. The molecular weight excluding hydrogens is 743 g/mol. The molecule has 0 saturated heterocycles. The minimum atomic E-state index is -2.82. The minimum Gasteiger partial charge on any atom is -0.507 e. The van der Waals surface area contributed by atoms with Gasteiger partial charge in [-0.1, -0.05) is 160 Å². The van der Waals surface area contributed by atoms with Crippen molar-refractivity contribution in [2.75, 3.05) is 0 Å². The molecule has 2 heterocycles. The van der Waals surface area contributed by atoms with E-state index < -0.39 is 36.6 Å². The number of nitrogens with zero attached hydrogens (tertiary/aromatic N) is 3. The van der Waals surface area contributed by atoms with Gasteiger partial charge in [-0.25, -0.2) is 4.98 Å². The van der Waals surface area contributed by atoms with Gasteiger partial charge in [0.2, 0.25) is 0 Å². The first-order valence-corrected chi connectivity index (χ1v) is 21.2. The molecule has 2 aromatic heterocycles. The van der Waals surface area contributed by atoms with E-state index >= 15 is 0 Å². The molecule has 0 amide bonds. The minimum absolute atomic E-state index is 0.00327. The molecule has 0 saturated carbocycles. The number of phenolic OH excluding ortho intramolecular Hbond substituents is 1. The summed E-state index contributed by atoms with van der Waals surface area (Å²) in [5, 5.41) is 12.3. The summed E-state index contributed by atoms with van der Waals surface area (Å²) in [7, 11) is 0. The van der Waals surface area contributed by atoms with Gasteiger partial charge in [0.05, 0.1) is 33.5 Å². The van der Waals surface area contributed by atoms with E-state index in [4.69, 9.17) is 19.6 Å². The molecule has 0 bridgehead atoms. The van der Waals surface area contributed by atoms with E-state index in [1.165, 1.54) is 0 Å². The maximum Gasteiger partial charge on any atom is 0.149 e. The van der Waals surface area contributed by atoms with E-state index in [2.05, 4.69) is 159 Å². The van der Waals surface area contributed by atoms with Crippen LogP contribution in [0.5, 0.6) is 5.75 Å². The topological polar surface area (TPSA) is 50.9 Å². The van der Waals surface area contributed by atoms with Crippen LogP contribution in [0.15, 0.2) is 140 Å². The summed E-state index contributed by atoms with van der Waals surface area (Å²) in [5.74, 6) is 1.08. The first-order chi connectivity index (χ1) is 31.9. The van der Waals surface area contributed by atoms with Crippen LogP contribution in [0.4, 0.5) is 0 Å². The van der Waals surface area contributed by atoms with E-state index in [1.54, 1.807) is 18.3 Å². The summed E-state index contributed by atoms with van der Waals surface area (Å²) in [4.78, 5) is 10.4. The molecule has 0 aliphatic heterocycles. The molecule has 0 unspecified atom stereocenters. The molecule has 8 aromatic rings. The fraction of sp³-hybridized carbons (Fsp3) is 0.263. The number of benzene rings is 6. The number of hydrogen-bond donors (Lipinski definition) is 1. The van der Waals surface area contributed by atoms with Crippen LogP contribution in [-0.2, 0) is 10.8 Å². The van der Waals surface area contributed by atoms with Crippen molar-refractivity contribution in [3.8, 4) is 67.5 Å². The second kappa shape index (κ2) is 16.0. The van der Waals surface area contributed by atoms with E-state index in [0.717, 1.165) is 66.8 Å². The first-order valence-electron chi connectivity index (χ1n) is 24.7. The zero-order chi connectivity index (χ0) is 49.4. The van der Waals surface area contributed by atoms with E-state index in [0.29, 0.717) is 22.6 Å². The summed E-state index contributed by atoms with van der Waals surface area (Å²) < 4.78 is 60.8. The quantitative estimate of drug-likeness (QED) is 0.166. The Morgan fingerprint density at radius 3 is 2.02 bits per heavy atom. The Morgan fingerprint density at radius 2 is 1.34 bits per heavy atom. The van der Waals surface area contributed by atoms with Crippen molar-refractivity contribution in [3.63, 3.8) is 0 Å². The molecule has 0 aliphatic carbocycles. The average Bonchev–Trinajstić information content (AvgIpc) is 3.67. The summed E-state index contributed by atoms with van der Waals surface area (Å²) in [5.41, 5.74) is 11.8. The number of aromatic nitrogens is 3. The van der Waals surface area contributed by atoms with Crippen LogP contribution >= 0.6 is 0 Å². The van der Waals surface area contributed by atoms with Gasteiger partial charge in [-0.05, 0) is 128 Å². The van der Waals surface area contributed by atoms with E-state index in [9.17, 15) is 5.11 Å². The van der Waals surface area contributed by atoms with Gasteiger partial charge in [0.1, 0.15) is 11.6 Å². The molecule has 0 aliphatic rings. The average molecular weight is 809 g/mol. The van der Waals surface area contributed by atoms with Crippen molar-refractivity contribution >= 4 is 11.0 Å². The molecule has 4 nitrogen and oxygen atoms in total. The van der Waals surface area contributed by atoms with Crippen molar-refractivity contribution in [1.29, 1.82) is 0 Å². The first kappa shape index (κ1) is 33.5. The van der Waals surface area contributed by atoms with Crippen LogP contribution in [0.3, 0.4) is 0 Å². The monoisotopic (exact) mass is 809 g/mol. The third kappa shape index (κ3) is 8.16. The van der Waals surface area contributed by atoms with Crippen LogP contribution in [-0.4, -0.2) is 19.6 Å². The highest BCUT2D eigenvalue weighted by atomic mass is 16.3. The Hall–Kier alpha value is -6.26. The predicted molar refractivity (Wildman–Crippen MR) is 258 cm³/mol. The summed E-state index contributed by atoms with van der Waals surface area (Å²) >= 11 is 0. The molecule has 0 spiro atoms. The van der Waals surface area contributed by atoms with Gasteiger partial charge in [-0.2, -0.15) is 0 Å². The lowest BCUT2D eigenvalue weighted by Gasteiger charge is -2.26. The largest absolute Gasteiger partial charge is 0.507 e. The number of hydrogen-bond acceptors (Lipinski definition) is 3. The molecule has 0 radical (unpaired) electrons. The molecular formula is C57H59N3O. The molecule has 4 heteroatoms. The molecule has 1 N–H and O–H groups in total. The summed E-state index contributed by atoms with van der Waals surface area (Å²) in [6.07, 6.45) is 1.57. The molecule has 0 atom stereocenters. The van der Waals surface area contributed by atoms with Crippen LogP contribution in [0.2, 0.25) is 0 Å². The van der Waals surface area contributed by atoms with Crippen LogP contribution < -0.4 is 0 Å². The zero-order valence-electron chi connectivity index (χ0n) is 43.9. The Kier molecular flexibility index (Phi) is 8.76. The smallest absolute Gasteiger partial charge is 0.149 e. The highest BCUT2D eigenvalue weighted by Crippen LogP contribution is 2.45. The number of rotatable bonds is 8. The van der Waals surface area contributed by atoms with Crippen molar-refractivity contribution in [1.82, 2.24) is 14.5 Å². The number of fused-ring (bicyclic) bond motifs is 1. The van der Waals surface area contributed by atoms with Gasteiger partial charge in [0, 0.05) is 21.4 Å². The third-order valence-electron chi connectivity index (χ3n) is 11.6. The van der Waals surface area contributed by atoms with Crippen molar-refractivity contribution in [3.05, 3.63) is 167 Å². The normalized spacial score (nSPS) is 14.1. The van der Waals surface area contributed by atoms with Gasteiger partial charge >= 0.3 is 0 Å². The number of para-hydroxylation sites is 1. The van der Waals surface area contributed by atoms with Crippen molar-refractivity contribution < 1.29 is 14.7 Å². The summed E-state index contributed by atoms with van der Waals surface area (Å²) in [6, 6.07) is 35.1. The van der Waals surface area contributed by atoms with Gasteiger partial charge < -0.3 is 5.11 Å². The molecule has 0 fully saturated rings. The SMILES string of the molecule is [2H]c1c([2H])c(C([2H])([2H])[2H])c([2H])c([2H])c1-c1ccnc(-c2cc(-c3cccc4c3nc(-c3cc(C(C)C)cc(C(C)C)c3O)n4-c3ccc(-c4ccccc4)cc3C(C)(C)C)cc(C(C)(C)C)c2)c1. The number of aromatic hydroxyl groups is 1. The number of pyridine rings is 1. The van der Waals surface area contributed by atoms with E-state index in [1.807, 2.05) is 12.1 Å². The Labute approximate surface area is 372 Å². The lowest BCUT2D eigenvalue weighted by atomic mass is 9.83. The van der Waals surface area contributed by atoms with Crippen LogP contribution in [0.1, 0.15) is 118 Å². The molecule has 61 heavy (non-hydrogen) atoms. The highest BCUT2D eigenvalue weighted by molar-refractivity contribution is 5.97. The summed E-state index contributed by atoms with van der Waals surface area (Å²) in [6.45, 7) is 18.8. The maximum atomic E-state index is 12.3. The van der Waals surface area contributed by atoms with Crippen LogP contribution in [0, 0.1) is 6.85 Å². The van der Waals surface area contributed by atoms with Crippen molar-refractivity contribution in [2.45, 2.75) is 98.8 Å². The second-order valence-corrected chi connectivity index (χ2v) is 18.8. The molecule has 6 aromatic carbocycles. The maximum absolute atomic E-state index is 12.3. The molecule has 308 valence electrons. The predicted octanol–water partition coefficient (Wildman–Crippen LogP) is 15.6. The Morgan fingerprint density at radius 1 is 0.623 bits per heavy atom. The lowest BCUT2D eigenvalue weighted by Crippen LogP contribution is -2.16. The fourth-order valence-electron chi connectivity index (χ4n) is 8.09. The van der Waals surface area contributed by atoms with Gasteiger partial charge in [0.15, 0.2) is 0 Å². The fourth-order valence-corrected chi connectivity index (χ4v) is 8.09.